The first kappa shape index (κ1) is 14.0. The molecule has 1 heterocycles. The average Bonchev–Trinajstić information content (AvgIpc) is 2.85. The van der Waals surface area contributed by atoms with Crippen molar-refractivity contribution in [3.8, 4) is 0 Å². The van der Waals surface area contributed by atoms with Gasteiger partial charge in [0.15, 0.2) is 0 Å². The average molecular weight is 250 g/mol. The van der Waals surface area contributed by atoms with Crippen LogP contribution in [0.1, 0.15) is 26.0 Å². The Balaban J connectivity index is 2.59. The van der Waals surface area contributed by atoms with E-state index in [-0.39, 0.29) is 11.8 Å². The summed E-state index contributed by atoms with van der Waals surface area (Å²) in [5.74, 6) is -0.313. The summed E-state index contributed by atoms with van der Waals surface area (Å²) in [5, 5.41) is 2.59. The predicted molar refractivity (Wildman–Crippen MR) is 68.3 cm³/mol. The minimum atomic E-state index is -0.649. The molecule has 2 amide bonds. The lowest BCUT2D eigenvalue weighted by Gasteiger charge is -2.20. The van der Waals surface area contributed by atoms with Gasteiger partial charge in [0.1, 0.15) is 11.8 Å². The van der Waals surface area contributed by atoms with E-state index in [2.05, 4.69) is 5.32 Å². The first-order valence-corrected chi connectivity index (χ1v) is 5.86. The lowest BCUT2D eigenvalue weighted by Crippen LogP contribution is -2.47. The zero-order chi connectivity index (χ0) is 13.5. The van der Waals surface area contributed by atoms with Crippen LogP contribution in [0.15, 0.2) is 28.9 Å². The van der Waals surface area contributed by atoms with Gasteiger partial charge in [-0.1, -0.05) is 20.3 Å². The fourth-order valence-electron chi connectivity index (χ4n) is 1.47. The molecule has 0 spiro atoms. The molecule has 0 fully saturated rings. The topological polar surface area (TPSA) is 85.3 Å². The second-order valence-corrected chi connectivity index (χ2v) is 4.12. The zero-order valence-corrected chi connectivity index (χ0v) is 10.6. The van der Waals surface area contributed by atoms with Gasteiger partial charge in [0.05, 0.1) is 6.26 Å². The number of hydrogen-bond acceptors (Lipinski definition) is 3. The Labute approximate surface area is 106 Å². The van der Waals surface area contributed by atoms with Crippen LogP contribution >= 0.6 is 0 Å². The van der Waals surface area contributed by atoms with Gasteiger partial charge >= 0.3 is 0 Å². The third-order valence-electron chi connectivity index (χ3n) is 2.76. The summed E-state index contributed by atoms with van der Waals surface area (Å²) in [5.41, 5.74) is 5.26. The second kappa shape index (κ2) is 6.64. The highest BCUT2D eigenvalue weighted by atomic mass is 16.3. The summed E-state index contributed by atoms with van der Waals surface area (Å²) in [4.78, 5) is 22.9. The fraction of sp³-hybridized carbons (Fsp3) is 0.385. The Morgan fingerprint density at radius 2 is 2.28 bits per heavy atom. The number of nitrogens with two attached hydrogens (primary N) is 1. The molecule has 1 aromatic rings. The minimum Gasteiger partial charge on any atom is -0.465 e. The smallest absolute Gasteiger partial charge is 0.244 e. The summed E-state index contributed by atoms with van der Waals surface area (Å²) < 4.78 is 5.05. The first-order chi connectivity index (χ1) is 8.54. The molecule has 0 aliphatic carbocycles. The highest BCUT2D eigenvalue weighted by Crippen LogP contribution is 2.07. The van der Waals surface area contributed by atoms with Gasteiger partial charge in [0, 0.05) is 6.08 Å². The largest absolute Gasteiger partial charge is 0.465 e. The Morgan fingerprint density at radius 3 is 2.78 bits per heavy atom. The molecule has 1 aromatic heterocycles. The van der Waals surface area contributed by atoms with Crippen molar-refractivity contribution in [1.82, 2.24) is 5.32 Å². The van der Waals surface area contributed by atoms with Crippen molar-refractivity contribution in [3.05, 3.63) is 30.2 Å². The van der Waals surface area contributed by atoms with E-state index in [4.69, 9.17) is 10.2 Å². The Bertz CT molecular complexity index is 423. The van der Waals surface area contributed by atoms with Crippen LogP contribution in [0.5, 0.6) is 0 Å². The summed E-state index contributed by atoms with van der Waals surface area (Å²) in [7, 11) is 0. The van der Waals surface area contributed by atoms with Crippen LogP contribution < -0.4 is 11.1 Å². The fourth-order valence-corrected chi connectivity index (χ4v) is 1.47. The lowest BCUT2D eigenvalue weighted by atomic mass is 9.98. The van der Waals surface area contributed by atoms with Crippen molar-refractivity contribution in [1.29, 1.82) is 0 Å². The number of amides is 2. The van der Waals surface area contributed by atoms with E-state index in [1.165, 1.54) is 18.4 Å². The van der Waals surface area contributed by atoms with Crippen LogP contribution in [0, 0.1) is 5.92 Å². The van der Waals surface area contributed by atoms with Crippen LogP contribution in [0.3, 0.4) is 0 Å². The van der Waals surface area contributed by atoms with Gasteiger partial charge in [0.25, 0.3) is 0 Å². The van der Waals surface area contributed by atoms with E-state index in [0.29, 0.717) is 5.76 Å². The summed E-state index contributed by atoms with van der Waals surface area (Å²) in [6, 6.07) is 2.80. The first-order valence-electron chi connectivity index (χ1n) is 5.86. The van der Waals surface area contributed by atoms with Gasteiger partial charge in [-0.05, 0) is 24.1 Å². The third-order valence-corrected chi connectivity index (χ3v) is 2.76. The number of rotatable bonds is 6. The zero-order valence-electron chi connectivity index (χ0n) is 10.6. The summed E-state index contributed by atoms with van der Waals surface area (Å²) in [6.45, 7) is 3.80. The van der Waals surface area contributed by atoms with Crippen molar-refractivity contribution in [2.24, 2.45) is 11.7 Å². The second-order valence-electron chi connectivity index (χ2n) is 4.12. The highest BCUT2D eigenvalue weighted by Gasteiger charge is 2.22. The molecule has 0 aromatic carbocycles. The number of carbonyl (C=O) groups excluding carboxylic acids is 2. The van der Waals surface area contributed by atoms with E-state index in [0.717, 1.165) is 6.42 Å². The Morgan fingerprint density at radius 1 is 1.56 bits per heavy atom. The normalized spacial score (nSPS) is 14.3. The van der Waals surface area contributed by atoms with Crippen molar-refractivity contribution in [2.45, 2.75) is 26.3 Å². The SMILES string of the molecule is CCC(C)C(NC(=O)C=Cc1ccco1)C(N)=O. The van der Waals surface area contributed by atoms with Crippen LogP contribution in [0.4, 0.5) is 0 Å². The minimum absolute atomic E-state index is 0.00321. The molecule has 0 saturated heterocycles. The van der Waals surface area contributed by atoms with Crippen LogP contribution in [0.25, 0.3) is 6.08 Å². The van der Waals surface area contributed by atoms with Gasteiger partial charge in [-0.3, -0.25) is 9.59 Å². The molecule has 0 saturated carbocycles. The van der Waals surface area contributed by atoms with Gasteiger partial charge in [-0.2, -0.15) is 0 Å². The van der Waals surface area contributed by atoms with E-state index in [1.807, 2.05) is 13.8 Å². The molecule has 0 bridgehead atoms. The monoisotopic (exact) mass is 250 g/mol. The van der Waals surface area contributed by atoms with Gasteiger partial charge in [-0.25, -0.2) is 0 Å². The Kier molecular flexibility index (Phi) is 5.17. The molecule has 3 N–H and O–H groups in total. The van der Waals surface area contributed by atoms with Crippen molar-refractivity contribution in [2.75, 3.05) is 0 Å². The quantitative estimate of drug-likeness (QED) is 0.746. The number of carbonyl (C=O) groups is 2. The molecule has 5 nitrogen and oxygen atoms in total. The molecule has 0 radical (unpaired) electrons. The number of primary amides is 1. The molecule has 2 atom stereocenters. The molecule has 1 rings (SSSR count). The number of furan rings is 1. The summed E-state index contributed by atoms with van der Waals surface area (Å²) >= 11 is 0. The van der Waals surface area contributed by atoms with Crippen molar-refractivity contribution >= 4 is 17.9 Å². The van der Waals surface area contributed by atoms with E-state index >= 15 is 0 Å². The number of nitrogens with one attached hydrogen (secondary N) is 1. The highest BCUT2D eigenvalue weighted by molar-refractivity contribution is 5.95. The molecule has 18 heavy (non-hydrogen) atoms. The van der Waals surface area contributed by atoms with Crippen molar-refractivity contribution < 1.29 is 14.0 Å². The molecule has 98 valence electrons. The summed E-state index contributed by atoms with van der Waals surface area (Å²) in [6.07, 6.45) is 5.12. The molecule has 5 heteroatoms. The maximum atomic E-state index is 11.6. The maximum absolute atomic E-state index is 11.6. The van der Waals surface area contributed by atoms with Crippen LogP contribution in [-0.2, 0) is 9.59 Å². The predicted octanol–water partition coefficient (Wildman–Crippen LogP) is 1.31. The van der Waals surface area contributed by atoms with Gasteiger partial charge in [0.2, 0.25) is 11.8 Å². The molecule has 2 unspecified atom stereocenters. The van der Waals surface area contributed by atoms with Gasteiger partial charge < -0.3 is 15.5 Å². The van der Waals surface area contributed by atoms with Crippen molar-refractivity contribution in [3.63, 3.8) is 0 Å². The third kappa shape index (κ3) is 4.08. The van der Waals surface area contributed by atoms with E-state index in [1.54, 1.807) is 12.1 Å². The molecule has 0 aliphatic rings. The van der Waals surface area contributed by atoms with E-state index < -0.39 is 11.9 Å². The number of hydrogen-bond donors (Lipinski definition) is 2. The molecular weight excluding hydrogens is 232 g/mol. The standard InChI is InChI=1S/C13H18N2O3/c1-3-9(2)12(13(14)17)15-11(16)7-6-10-5-4-8-18-10/h4-9,12H,3H2,1-2H3,(H2,14,17)(H,15,16). The molecular formula is C13H18N2O3. The molecule has 0 aliphatic heterocycles. The van der Waals surface area contributed by atoms with Crippen LogP contribution in [0.2, 0.25) is 0 Å². The Hall–Kier alpha value is -2.04. The maximum Gasteiger partial charge on any atom is 0.244 e. The lowest BCUT2D eigenvalue weighted by molar-refractivity contribution is -0.126. The van der Waals surface area contributed by atoms with Gasteiger partial charge in [-0.15, -0.1) is 0 Å². The van der Waals surface area contributed by atoms with E-state index in [9.17, 15) is 9.59 Å². The van der Waals surface area contributed by atoms with Crippen LogP contribution in [-0.4, -0.2) is 17.9 Å².